The number of aryl methyl sites for hydroxylation is 1. The first-order valence-corrected chi connectivity index (χ1v) is 21.1. The first-order valence-electron chi connectivity index (χ1n) is 21.1. The van der Waals surface area contributed by atoms with Gasteiger partial charge in [-0.1, -0.05) is 185 Å². The Morgan fingerprint density at radius 1 is 0.526 bits per heavy atom. The molecule has 0 amide bonds. The van der Waals surface area contributed by atoms with Crippen LogP contribution in [-0.4, -0.2) is 56.7 Å². The molecule has 1 aliphatic carbocycles. The van der Waals surface area contributed by atoms with Gasteiger partial charge < -0.3 is 29.4 Å². The topological polar surface area (TPSA) is 99.9 Å². The summed E-state index contributed by atoms with van der Waals surface area (Å²) in [4.78, 5) is 0. The van der Waals surface area contributed by atoms with Crippen molar-refractivity contribution in [3.05, 3.63) is 155 Å². The van der Waals surface area contributed by atoms with Crippen molar-refractivity contribution < 1.29 is 24.1 Å². The van der Waals surface area contributed by atoms with Crippen LogP contribution in [0.5, 0.6) is 0 Å². The predicted octanol–water partition coefficient (Wildman–Crippen LogP) is 8.98. The molecule has 0 aliphatic heterocycles. The number of aliphatic hydroxyl groups excluding tert-OH is 1. The molecule has 1 aliphatic rings. The summed E-state index contributed by atoms with van der Waals surface area (Å²) in [6, 6.07) is 39.7. The zero-order valence-electron chi connectivity index (χ0n) is 33.6. The van der Waals surface area contributed by atoms with Crippen LogP contribution in [-0.2, 0) is 58.5 Å². The molecule has 5 aromatic rings. The maximum atomic E-state index is 12.4. The van der Waals surface area contributed by atoms with Gasteiger partial charge in [-0.3, -0.25) is 4.68 Å². The van der Waals surface area contributed by atoms with Crippen LogP contribution in [0.25, 0.3) is 0 Å². The molecular formula is C48H62N4O5. The van der Waals surface area contributed by atoms with Gasteiger partial charge in [0.25, 0.3) is 0 Å². The zero-order chi connectivity index (χ0) is 39.3. The number of nitrogens with one attached hydrogen (secondary N) is 1. The lowest BCUT2D eigenvalue weighted by Crippen LogP contribution is -2.69. The molecule has 9 heteroatoms. The molecule has 304 valence electrons. The van der Waals surface area contributed by atoms with Gasteiger partial charge in [-0.15, -0.1) is 5.10 Å². The number of hydrogen-bond donors (Lipinski definition) is 2. The molecular weight excluding hydrogens is 713 g/mol. The third-order valence-corrected chi connectivity index (χ3v) is 10.8. The Bertz CT molecular complexity index is 1780. The fraction of sp³-hybridized carbons (Fsp3) is 0.458. The number of hydrogen-bond acceptors (Lipinski definition) is 8. The van der Waals surface area contributed by atoms with Gasteiger partial charge in [-0.2, -0.15) is 0 Å². The lowest BCUT2D eigenvalue weighted by atomic mass is 9.82. The summed E-state index contributed by atoms with van der Waals surface area (Å²) in [7, 11) is 0. The van der Waals surface area contributed by atoms with Gasteiger partial charge in [-0.25, -0.2) is 0 Å². The van der Waals surface area contributed by atoms with Crippen LogP contribution in [0.15, 0.2) is 128 Å². The van der Waals surface area contributed by atoms with Crippen LogP contribution in [0.4, 0.5) is 0 Å². The highest BCUT2D eigenvalue weighted by Gasteiger charge is 2.53. The van der Waals surface area contributed by atoms with Gasteiger partial charge in [0.2, 0.25) is 0 Å². The third-order valence-electron chi connectivity index (χ3n) is 10.8. The van der Waals surface area contributed by atoms with Crippen LogP contribution < -0.4 is 5.32 Å². The van der Waals surface area contributed by atoms with E-state index in [0.717, 1.165) is 40.9 Å². The van der Waals surface area contributed by atoms with E-state index in [9.17, 15) is 5.11 Å². The van der Waals surface area contributed by atoms with Crippen molar-refractivity contribution >= 4 is 0 Å². The fourth-order valence-electron chi connectivity index (χ4n) is 7.58. The minimum Gasteiger partial charge on any atom is -0.389 e. The second kappa shape index (κ2) is 23.9. The van der Waals surface area contributed by atoms with Gasteiger partial charge >= 0.3 is 0 Å². The molecule has 4 aromatic carbocycles. The summed E-state index contributed by atoms with van der Waals surface area (Å²) >= 11 is 0. The quantitative estimate of drug-likeness (QED) is 0.0568. The predicted molar refractivity (Wildman–Crippen MR) is 224 cm³/mol. The Kier molecular flexibility index (Phi) is 17.8. The highest BCUT2D eigenvalue weighted by molar-refractivity contribution is 5.18. The molecule has 1 fully saturated rings. The number of ether oxygens (including phenoxy) is 4. The van der Waals surface area contributed by atoms with E-state index in [0.29, 0.717) is 33.0 Å². The molecule has 0 radical (unpaired) electrons. The minimum atomic E-state index is -1.01. The molecule has 2 N–H and O–H groups in total. The van der Waals surface area contributed by atoms with E-state index < -0.39 is 36.6 Å². The molecule has 1 aromatic heterocycles. The number of rotatable bonds is 25. The number of nitrogens with zero attached hydrogens (tertiary/aromatic N) is 3. The van der Waals surface area contributed by atoms with Crippen LogP contribution in [0.2, 0.25) is 0 Å². The molecule has 6 atom stereocenters. The Balaban J connectivity index is 1.21. The average Bonchev–Trinajstić information content (AvgIpc) is 3.72. The second-order valence-corrected chi connectivity index (χ2v) is 15.2. The van der Waals surface area contributed by atoms with E-state index >= 15 is 0 Å². The summed E-state index contributed by atoms with van der Waals surface area (Å²) in [5.74, 6) is 0. The molecule has 6 unspecified atom stereocenters. The van der Waals surface area contributed by atoms with Crippen molar-refractivity contribution in [3.63, 3.8) is 0 Å². The molecule has 57 heavy (non-hydrogen) atoms. The molecule has 0 saturated heterocycles. The van der Waals surface area contributed by atoms with Gasteiger partial charge in [0, 0.05) is 19.3 Å². The van der Waals surface area contributed by atoms with E-state index in [2.05, 4.69) is 34.7 Å². The zero-order valence-corrected chi connectivity index (χ0v) is 33.6. The van der Waals surface area contributed by atoms with E-state index in [4.69, 9.17) is 18.9 Å². The maximum Gasteiger partial charge on any atom is 0.115 e. The Labute approximate surface area is 339 Å². The lowest BCUT2D eigenvalue weighted by Gasteiger charge is -2.49. The summed E-state index contributed by atoms with van der Waals surface area (Å²) in [5.41, 5.74) is 4.87. The standard InChI is InChI=1S/C48H62N4O5/c1-2-3-4-5-6-7-8-9-22-31-52-33-42(50-51-52)32-49-43-44(53)46(55-35-39-25-16-11-17-26-39)48(57-37-41-29-20-13-21-30-41)47(56-36-40-27-18-12-19-28-40)45(43)54-34-38-23-14-10-15-24-38/h10-21,23-30,33,43-49,53H,2-9,22,31-32,34-37H2,1H3. The molecule has 6 rings (SSSR count). The minimum absolute atomic E-state index is 0.300. The lowest BCUT2D eigenvalue weighted by molar-refractivity contribution is -0.251. The van der Waals surface area contributed by atoms with Crippen molar-refractivity contribution in [1.29, 1.82) is 0 Å². The monoisotopic (exact) mass is 774 g/mol. The van der Waals surface area contributed by atoms with Crippen LogP contribution in [0.3, 0.4) is 0 Å². The first kappa shape index (κ1) is 42.4. The van der Waals surface area contributed by atoms with Crippen molar-refractivity contribution in [2.45, 2.75) is 141 Å². The van der Waals surface area contributed by atoms with Gasteiger partial charge in [0.05, 0.1) is 38.2 Å². The summed E-state index contributed by atoms with van der Waals surface area (Å²) in [6.45, 7) is 4.77. The van der Waals surface area contributed by atoms with Gasteiger partial charge in [-0.05, 0) is 28.7 Å². The molecule has 0 spiro atoms. The smallest absolute Gasteiger partial charge is 0.115 e. The summed E-state index contributed by atoms with van der Waals surface area (Å²) in [6.07, 6.45) is 9.87. The van der Waals surface area contributed by atoms with Crippen molar-refractivity contribution in [3.8, 4) is 0 Å². The Hall–Kier alpha value is -4.22. The molecule has 9 nitrogen and oxygen atoms in total. The molecule has 1 heterocycles. The summed E-state index contributed by atoms with van der Waals surface area (Å²) in [5, 5.41) is 25.0. The average molecular weight is 775 g/mol. The van der Waals surface area contributed by atoms with E-state index in [1.165, 1.54) is 51.4 Å². The van der Waals surface area contributed by atoms with Crippen LogP contribution in [0, 0.1) is 0 Å². The Morgan fingerprint density at radius 2 is 0.930 bits per heavy atom. The number of benzene rings is 4. The number of aromatic nitrogens is 3. The second-order valence-electron chi connectivity index (χ2n) is 15.2. The van der Waals surface area contributed by atoms with Crippen molar-refractivity contribution in [1.82, 2.24) is 20.3 Å². The van der Waals surface area contributed by atoms with Gasteiger partial charge in [0.1, 0.15) is 30.5 Å². The van der Waals surface area contributed by atoms with Crippen molar-refractivity contribution in [2.75, 3.05) is 0 Å². The van der Waals surface area contributed by atoms with Crippen molar-refractivity contribution in [2.24, 2.45) is 0 Å². The summed E-state index contributed by atoms with van der Waals surface area (Å²) < 4.78 is 29.1. The van der Waals surface area contributed by atoms with Gasteiger partial charge in [0.15, 0.2) is 0 Å². The fourth-order valence-corrected chi connectivity index (χ4v) is 7.58. The number of aliphatic hydroxyl groups is 1. The van der Waals surface area contributed by atoms with Crippen LogP contribution in [0.1, 0.15) is 92.7 Å². The third kappa shape index (κ3) is 13.7. The molecule has 0 bridgehead atoms. The normalized spacial score (nSPS) is 20.8. The molecule has 1 saturated carbocycles. The first-order chi connectivity index (χ1) is 28.2. The van der Waals surface area contributed by atoms with E-state index in [1.807, 2.05) is 120 Å². The van der Waals surface area contributed by atoms with E-state index in [-0.39, 0.29) is 0 Å². The maximum absolute atomic E-state index is 12.4. The largest absolute Gasteiger partial charge is 0.389 e. The SMILES string of the molecule is CCCCCCCCCCCn1cc(CNC2C(O)C(OCc3ccccc3)C(OCc3ccccc3)C(OCc3ccccc3)C2OCc2ccccc2)nn1. The Morgan fingerprint density at radius 3 is 1.40 bits per heavy atom. The van der Waals surface area contributed by atoms with Crippen LogP contribution >= 0.6 is 0 Å². The van der Waals surface area contributed by atoms with E-state index in [1.54, 1.807) is 0 Å². The highest BCUT2D eigenvalue weighted by Crippen LogP contribution is 2.33. The number of unbranched alkanes of at least 4 members (excludes halogenated alkanes) is 8. The highest BCUT2D eigenvalue weighted by atomic mass is 16.6.